The normalized spacial score (nSPS) is 15.4. The zero-order valence-electron chi connectivity index (χ0n) is 16.4. The van der Waals surface area contributed by atoms with Gasteiger partial charge in [0.1, 0.15) is 17.2 Å². The average Bonchev–Trinajstić information content (AvgIpc) is 3.18. The van der Waals surface area contributed by atoms with Gasteiger partial charge in [-0.15, -0.1) is 0 Å². The fourth-order valence-corrected chi connectivity index (χ4v) is 3.63. The van der Waals surface area contributed by atoms with Crippen molar-refractivity contribution in [1.82, 2.24) is 19.7 Å². The van der Waals surface area contributed by atoms with Crippen LogP contribution in [0.3, 0.4) is 0 Å². The Balaban J connectivity index is 1.73. The lowest BCUT2D eigenvalue weighted by Crippen LogP contribution is -2.35. The molecule has 8 heteroatoms. The fraction of sp³-hybridized carbons (Fsp3) is 0.286. The zero-order valence-corrected chi connectivity index (χ0v) is 16.4. The first-order valence-corrected chi connectivity index (χ1v) is 9.66. The van der Waals surface area contributed by atoms with E-state index in [4.69, 9.17) is 20.9 Å². The summed E-state index contributed by atoms with van der Waals surface area (Å²) in [5.74, 6) is 1.48. The molecule has 150 valence electrons. The van der Waals surface area contributed by atoms with Crippen molar-refractivity contribution in [3.05, 3.63) is 48.4 Å². The molecule has 0 saturated carbocycles. The van der Waals surface area contributed by atoms with Gasteiger partial charge < -0.3 is 26.5 Å². The Morgan fingerprint density at radius 2 is 2.21 bits per heavy atom. The van der Waals surface area contributed by atoms with Crippen molar-refractivity contribution in [1.29, 1.82) is 5.41 Å². The number of methoxy groups -OCH3 is 1. The number of aromatic nitrogens is 3. The van der Waals surface area contributed by atoms with Crippen molar-refractivity contribution in [2.24, 2.45) is 5.73 Å². The molecule has 8 nitrogen and oxygen atoms in total. The van der Waals surface area contributed by atoms with E-state index >= 15 is 0 Å². The van der Waals surface area contributed by atoms with Crippen molar-refractivity contribution in [2.45, 2.75) is 18.9 Å². The molecule has 0 aliphatic carbocycles. The molecule has 0 atom stereocenters. The Hall–Kier alpha value is -3.39. The van der Waals surface area contributed by atoms with Crippen LogP contribution in [-0.4, -0.2) is 46.8 Å². The average molecular weight is 391 g/mol. The van der Waals surface area contributed by atoms with Crippen LogP contribution in [0.15, 0.2) is 42.9 Å². The largest absolute Gasteiger partial charge is 0.496 e. The highest BCUT2D eigenvalue weighted by molar-refractivity contribution is 6.09. The SMILES string of the molecule is COc1cc2ncc(-c3cccc(NC4CCNCC4)n3)n2cc1/C(C=N)=C/N. The van der Waals surface area contributed by atoms with E-state index < -0.39 is 0 Å². The molecule has 4 rings (SSSR count). The summed E-state index contributed by atoms with van der Waals surface area (Å²) in [6.45, 7) is 2.05. The van der Waals surface area contributed by atoms with Crippen LogP contribution in [0.5, 0.6) is 5.75 Å². The Bertz CT molecular complexity index is 1050. The summed E-state index contributed by atoms with van der Waals surface area (Å²) in [5, 5.41) is 14.5. The molecule has 0 aromatic carbocycles. The minimum Gasteiger partial charge on any atom is -0.496 e. The summed E-state index contributed by atoms with van der Waals surface area (Å²) in [5.41, 5.74) is 9.40. The van der Waals surface area contributed by atoms with Crippen LogP contribution in [0.25, 0.3) is 22.6 Å². The molecule has 1 aliphatic heterocycles. The van der Waals surface area contributed by atoms with Gasteiger partial charge in [-0.1, -0.05) is 6.07 Å². The van der Waals surface area contributed by atoms with E-state index in [-0.39, 0.29) is 0 Å². The number of nitrogens with zero attached hydrogens (tertiary/aromatic N) is 3. The third kappa shape index (κ3) is 3.79. The summed E-state index contributed by atoms with van der Waals surface area (Å²) >= 11 is 0. The summed E-state index contributed by atoms with van der Waals surface area (Å²) in [7, 11) is 1.59. The second-order valence-electron chi connectivity index (χ2n) is 6.97. The molecule has 0 unspecified atom stereocenters. The van der Waals surface area contributed by atoms with Crippen molar-refractivity contribution >= 4 is 23.3 Å². The first kappa shape index (κ1) is 18.9. The van der Waals surface area contributed by atoms with Crippen molar-refractivity contribution < 1.29 is 4.74 Å². The molecule has 29 heavy (non-hydrogen) atoms. The van der Waals surface area contributed by atoms with E-state index in [0.29, 0.717) is 17.4 Å². The number of piperidine rings is 1. The maximum Gasteiger partial charge on any atom is 0.140 e. The predicted octanol–water partition coefficient (Wildman–Crippen LogP) is 2.52. The molecule has 0 spiro atoms. The summed E-state index contributed by atoms with van der Waals surface area (Å²) < 4.78 is 7.42. The monoisotopic (exact) mass is 391 g/mol. The molecular weight excluding hydrogens is 366 g/mol. The summed E-state index contributed by atoms with van der Waals surface area (Å²) in [6.07, 6.45) is 8.46. The topological polar surface area (TPSA) is 113 Å². The summed E-state index contributed by atoms with van der Waals surface area (Å²) in [6, 6.07) is 8.23. The number of ether oxygens (including phenoxy) is 1. The number of rotatable bonds is 6. The first-order chi connectivity index (χ1) is 14.2. The Kier molecular flexibility index (Phi) is 5.44. The maximum atomic E-state index is 7.63. The Morgan fingerprint density at radius 3 is 2.93 bits per heavy atom. The second-order valence-corrected chi connectivity index (χ2v) is 6.97. The van der Waals surface area contributed by atoms with E-state index in [1.165, 1.54) is 12.4 Å². The molecule has 1 aliphatic rings. The minimum atomic E-state index is 0.432. The van der Waals surface area contributed by atoms with Gasteiger partial charge in [-0.2, -0.15) is 0 Å². The number of fused-ring (bicyclic) bond motifs is 1. The van der Waals surface area contributed by atoms with Gasteiger partial charge in [0, 0.05) is 41.9 Å². The molecule has 0 amide bonds. The van der Waals surface area contributed by atoms with Crippen molar-refractivity contribution in [3.8, 4) is 17.1 Å². The molecule has 1 fully saturated rings. The number of pyridine rings is 2. The first-order valence-electron chi connectivity index (χ1n) is 9.66. The highest BCUT2D eigenvalue weighted by Crippen LogP contribution is 2.29. The molecular formula is C21H25N7O. The van der Waals surface area contributed by atoms with Crippen LogP contribution in [0, 0.1) is 5.41 Å². The number of allylic oxidation sites excluding steroid dienone is 1. The Labute approximate surface area is 169 Å². The predicted molar refractivity (Wildman–Crippen MR) is 115 cm³/mol. The van der Waals surface area contributed by atoms with Gasteiger partial charge in [0.2, 0.25) is 0 Å². The van der Waals surface area contributed by atoms with Gasteiger partial charge in [0.05, 0.1) is 24.7 Å². The molecule has 1 saturated heterocycles. The molecule has 3 aromatic heterocycles. The van der Waals surface area contributed by atoms with Crippen LogP contribution in [0.1, 0.15) is 18.4 Å². The van der Waals surface area contributed by atoms with Crippen LogP contribution in [0.2, 0.25) is 0 Å². The van der Waals surface area contributed by atoms with Crippen LogP contribution in [0.4, 0.5) is 5.82 Å². The lowest BCUT2D eigenvalue weighted by Gasteiger charge is -2.24. The van der Waals surface area contributed by atoms with E-state index in [1.807, 2.05) is 34.9 Å². The third-order valence-corrected chi connectivity index (χ3v) is 5.18. The molecule has 4 heterocycles. The van der Waals surface area contributed by atoms with Crippen molar-refractivity contribution in [2.75, 3.05) is 25.5 Å². The fourth-order valence-electron chi connectivity index (χ4n) is 3.63. The lowest BCUT2D eigenvalue weighted by molar-refractivity contribution is 0.413. The molecule has 5 N–H and O–H groups in total. The lowest BCUT2D eigenvalue weighted by atomic mass is 10.1. The minimum absolute atomic E-state index is 0.432. The highest BCUT2D eigenvalue weighted by atomic mass is 16.5. The van der Waals surface area contributed by atoms with Gasteiger partial charge >= 0.3 is 0 Å². The number of hydrogen-bond donors (Lipinski definition) is 4. The van der Waals surface area contributed by atoms with Gasteiger partial charge in [0.15, 0.2) is 0 Å². The van der Waals surface area contributed by atoms with E-state index in [9.17, 15) is 0 Å². The van der Waals surface area contributed by atoms with Gasteiger partial charge in [-0.25, -0.2) is 9.97 Å². The molecule has 0 radical (unpaired) electrons. The zero-order chi connectivity index (χ0) is 20.2. The van der Waals surface area contributed by atoms with Crippen LogP contribution < -0.4 is 21.1 Å². The van der Waals surface area contributed by atoms with Gasteiger partial charge in [-0.3, -0.25) is 4.40 Å². The van der Waals surface area contributed by atoms with E-state index in [0.717, 1.165) is 54.3 Å². The number of imidazole rings is 1. The number of hydrogen-bond acceptors (Lipinski definition) is 7. The van der Waals surface area contributed by atoms with Crippen LogP contribution >= 0.6 is 0 Å². The van der Waals surface area contributed by atoms with Crippen LogP contribution in [-0.2, 0) is 0 Å². The second kappa shape index (κ2) is 8.32. The number of nitrogens with two attached hydrogens (primary N) is 1. The Morgan fingerprint density at radius 1 is 1.38 bits per heavy atom. The smallest absolute Gasteiger partial charge is 0.140 e. The standard InChI is InChI=1S/C21H25N7O/c1-29-19-9-21-25-12-18(28(21)13-16(19)14(10-22)11-23)17-3-2-4-20(27-17)26-15-5-7-24-8-6-15/h2-4,9-13,15,22,24H,5-8,23H2,1H3,(H,26,27)/b14-11+,22-10?. The highest BCUT2D eigenvalue weighted by Gasteiger charge is 2.16. The third-order valence-electron chi connectivity index (χ3n) is 5.18. The van der Waals surface area contributed by atoms with Crippen molar-refractivity contribution in [3.63, 3.8) is 0 Å². The van der Waals surface area contributed by atoms with Gasteiger partial charge in [-0.05, 0) is 38.1 Å². The summed E-state index contributed by atoms with van der Waals surface area (Å²) in [4.78, 5) is 9.32. The molecule has 3 aromatic rings. The van der Waals surface area contributed by atoms with E-state index in [1.54, 1.807) is 13.3 Å². The number of nitrogens with one attached hydrogen (secondary N) is 3. The quantitative estimate of drug-likeness (QED) is 0.480. The number of anilines is 1. The maximum absolute atomic E-state index is 7.63. The van der Waals surface area contributed by atoms with E-state index in [2.05, 4.69) is 15.6 Å². The molecule has 0 bridgehead atoms. The van der Waals surface area contributed by atoms with Gasteiger partial charge in [0.25, 0.3) is 0 Å².